The molecule has 0 saturated carbocycles. The van der Waals surface area contributed by atoms with Gasteiger partial charge < -0.3 is 9.64 Å². The van der Waals surface area contributed by atoms with Crippen LogP contribution in [-0.2, 0) is 4.74 Å². The summed E-state index contributed by atoms with van der Waals surface area (Å²) in [5, 5.41) is 0. The number of carbonyl (C=O) groups excluding carboxylic acids is 1. The lowest BCUT2D eigenvalue weighted by Gasteiger charge is -2.26. The number of hydrogen-bond acceptors (Lipinski definition) is 2. The second kappa shape index (κ2) is 6.71. The molecule has 104 valence electrons. The van der Waals surface area contributed by atoms with Crippen molar-refractivity contribution in [2.75, 3.05) is 19.6 Å². The molecule has 1 aliphatic rings. The first kappa shape index (κ1) is 14.1. The smallest absolute Gasteiger partial charge is 0.338 e. The molecular formula is C16H24NO2+. The lowest BCUT2D eigenvalue weighted by atomic mass is 10.1. The van der Waals surface area contributed by atoms with Gasteiger partial charge in [-0.05, 0) is 44.7 Å². The Hall–Kier alpha value is -1.35. The number of ether oxygens (including phenoxy) is 1. The largest absolute Gasteiger partial charge is 0.453 e. The fourth-order valence-corrected chi connectivity index (χ4v) is 2.75. The Morgan fingerprint density at radius 3 is 2.63 bits per heavy atom. The molecule has 1 fully saturated rings. The van der Waals surface area contributed by atoms with Crippen LogP contribution in [0.4, 0.5) is 0 Å². The molecule has 0 aliphatic carbocycles. The minimum absolute atomic E-state index is 0.0137. The first-order chi connectivity index (χ1) is 9.16. The highest BCUT2D eigenvalue weighted by atomic mass is 16.5. The molecule has 3 nitrogen and oxygen atoms in total. The van der Waals surface area contributed by atoms with Crippen LogP contribution in [0.5, 0.6) is 0 Å². The zero-order valence-electron chi connectivity index (χ0n) is 11.9. The third kappa shape index (κ3) is 4.06. The number of piperidine rings is 1. The van der Waals surface area contributed by atoms with E-state index < -0.39 is 0 Å². The molecular weight excluding hydrogens is 238 g/mol. The molecule has 1 aromatic carbocycles. The number of aryl methyl sites for hydroxylation is 1. The number of hydrogen-bond donors (Lipinski definition) is 1. The van der Waals surface area contributed by atoms with E-state index in [1.807, 2.05) is 38.1 Å². The first-order valence-electron chi connectivity index (χ1n) is 7.27. The fraction of sp³-hybridized carbons (Fsp3) is 0.562. The molecule has 1 heterocycles. The van der Waals surface area contributed by atoms with Gasteiger partial charge in [0.25, 0.3) is 0 Å². The van der Waals surface area contributed by atoms with Gasteiger partial charge in [0.05, 0.1) is 18.7 Å². The van der Waals surface area contributed by atoms with E-state index in [9.17, 15) is 4.79 Å². The van der Waals surface area contributed by atoms with Crippen LogP contribution in [-0.4, -0.2) is 31.7 Å². The van der Waals surface area contributed by atoms with Gasteiger partial charge in [0.15, 0.2) is 0 Å². The minimum Gasteiger partial charge on any atom is -0.453 e. The number of quaternary nitrogens is 1. The van der Waals surface area contributed by atoms with Gasteiger partial charge in [-0.15, -0.1) is 0 Å². The molecule has 0 radical (unpaired) electrons. The Labute approximate surface area is 115 Å². The highest BCUT2D eigenvalue weighted by Crippen LogP contribution is 2.09. The maximum absolute atomic E-state index is 12.1. The Bertz CT molecular complexity index is 425. The van der Waals surface area contributed by atoms with Crippen molar-refractivity contribution in [3.8, 4) is 0 Å². The lowest BCUT2D eigenvalue weighted by molar-refractivity contribution is -0.907. The van der Waals surface area contributed by atoms with Crippen LogP contribution in [0.2, 0.25) is 0 Å². The maximum atomic E-state index is 12.1. The van der Waals surface area contributed by atoms with Crippen LogP contribution >= 0.6 is 0 Å². The summed E-state index contributed by atoms with van der Waals surface area (Å²) in [5.74, 6) is -0.193. The van der Waals surface area contributed by atoms with Crippen molar-refractivity contribution >= 4 is 5.97 Å². The monoisotopic (exact) mass is 262 g/mol. The molecule has 1 atom stereocenters. The summed E-state index contributed by atoms with van der Waals surface area (Å²) in [6, 6.07) is 7.59. The van der Waals surface area contributed by atoms with Gasteiger partial charge in [-0.3, -0.25) is 0 Å². The molecule has 1 aliphatic heterocycles. The van der Waals surface area contributed by atoms with Crippen molar-refractivity contribution in [2.24, 2.45) is 0 Å². The fourth-order valence-electron chi connectivity index (χ4n) is 2.75. The third-order valence-electron chi connectivity index (χ3n) is 3.81. The SMILES string of the molecule is Cc1ccccc1C(=O)O[C@H](C)C[NH+]1CCCCC1. The van der Waals surface area contributed by atoms with Crippen LogP contribution < -0.4 is 4.90 Å². The molecule has 0 aromatic heterocycles. The third-order valence-corrected chi connectivity index (χ3v) is 3.81. The van der Waals surface area contributed by atoms with Crippen LogP contribution in [0, 0.1) is 6.92 Å². The van der Waals surface area contributed by atoms with Crippen molar-refractivity contribution in [3.63, 3.8) is 0 Å². The van der Waals surface area contributed by atoms with Crippen LogP contribution in [0.15, 0.2) is 24.3 Å². The zero-order valence-corrected chi connectivity index (χ0v) is 11.9. The molecule has 0 amide bonds. The predicted octanol–water partition coefficient (Wildman–Crippen LogP) is 1.61. The van der Waals surface area contributed by atoms with E-state index >= 15 is 0 Å². The van der Waals surface area contributed by atoms with Gasteiger partial charge in [0.1, 0.15) is 12.6 Å². The summed E-state index contributed by atoms with van der Waals surface area (Å²) in [6.07, 6.45) is 3.93. The van der Waals surface area contributed by atoms with Crippen LogP contribution in [0.3, 0.4) is 0 Å². The molecule has 1 aromatic rings. The minimum atomic E-state index is -0.193. The van der Waals surface area contributed by atoms with E-state index in [-0.39, 0.29) is 12.1 Å². The van der Waals surface area contributed by atoms with Gasteiger partial charge >= 0.3 is 5.97 Å². The summed E-state index contributed by atoms with van der Waals surface area (Å²) in [4.78, 5) is 13.7. The molecule has 19 heavy (non-hydrogen) atoms. The molecule has 0 spiro atoms. The van der Waals surface area contributed by atoms with Crippen molar-refractivity contribution in [3.05, 3.63) is 35.4 Å². The molecule has 1 saturated heterocycles. The average Bonchev–Trinajstić information content (AvgIpc) is 2.40. The molecule has 1 N–H and O–H groups in total. The Kier molecular flexibility index (Phi) is 4.97. The number of esters is 1. The van der Waals surface area contributed by atoms with Crippen molar-refractivity contribution in [2.45, 2.75) is 39.2 Å². The summed E-state index contributed by atoms with van der Waals surface area (Å²) in [5.41, 5.74) is 1.66. The van der Waals surface area contributed by atoms with Crippen molar-refractivity contribution in [1.29, 1.82) is 0 Å². The molecule has 2 rings (SSSR count). The van der Waals surface area contributed by atoms with E-state index in [2.05, 4.69) is 0 Å². The van der Waals surface area contributed by atoms with E-state index in [1.54, 1.807) is 4.90 Å². The zero-order chi connectivity index (χ0) is 13.7. The van der Waals surface area contributed by atoms with Gasteiger partial charge in [-0.2, -0.15) is 0 Å². The van der Waals surface area contributed by atoms with E-state index in [0.717, 1.165) is 12.1 Å². The van der Waals surface area contributed by atoms with Crippen LogP contribution in [0.1, 0.15) is 42.1 Å². The Balaban J connectivity index is 1.86. The van der Waals surface area contributed by atoms with E-state index in [0.29, 0.717) is 5.56 Å². The lowest BCUT2D eigenvalue weighted by Crippen LogP contribution is -3.13. The number of benzene rings is 1. The second-order valence-corrected chi connectivity index (χ2v) is 5.55. The predicted molar refractivity (Wildman–Crippen MR) is 75.5 cm³/mol. The van der Waals surface area contributed by atoms with Gasteiger partial charge in [0.2, 0.25) is 0 Å². The number of rotatable bonds is 4. The van der Waals surface area contributed by atoms with E-state index in [4.69, 9.17) is 4.74 Å². The topological polar surface area (TPSA) is 30.7 Å². The van der Waals surface area contributed by atoms with Gasteiger partial charge in [-0.1, -0.05) is 18.2 Å². The number of likely N-dealkylation sites (tertiary alicyclic amines) is 1. The van der Waals surface area contributed by atoms with Gasteiger partial charge in [0, 0.05) is 0 Å². The normalized spacial score (nSPS) is 18.0. The Morgan fingerprint density at radius 2 is 1.95 bits per heavy atom. The Morgan fingerprint density at radius 1 is 1.26 bits per heavy atom. The highest BCUT2D eigenvalue weighted by Gasteiger charge is 2.20. The van der Waals surface area contributed by atoms with Gasteiger partial charge in [-0.25, -0.2) is 4.79 Å². The first-order valence-corrected chi connectivity index (χ1v) is 7.27. The van der Waals surface area contributed by atoms with Crippen LogP contribution in [0.25, 0.3) is 0 Å². The van der Waals surface area contributed by atoms with Crippen molar-refractivity contribution in [1.82, 2.24) is 0 Å². The van der Waals surface area contributed by atoms with E-state index in [1.165, 1.54) is 32.4 Å². The number of nitrogens with one attached hydrogen (secondary N) is 1. The standard InChI is InChI=1S/C16H23NO2/c1-13-8-4-5-9-15(13)16(18)19-14(2)12-17-10-6-3-7-11-17/h4-5,8-9,14H,3,6-7,10-12H2,1-2H3/p+1/t14-/m1/s1. The molecule has 3 heteroatoms. The summed E-state index contributed by atoms with van der Waals surface area (Å²) in [6.45, 7) is 7.30. The quantitative estimate of drug-likeness (QED) is 0.836. The molecule has 0 bridgehead atoms. The average molecular weight is 262 g/mol. The number of carbonyl (C=O) groups is 1. The summed E-state index contributed by atoms with van der Waals surface area (Å²) >= 11 is 0. The molecule has 0 unspecified atom stereocenters. The highest BCUT2D eigenvalue weighted by molar-refractivity contribution is 5.91. The summed E-state index contributed by atoms with van der Waals surface area (Å²) < 4.78 is 5.56. The maximum Gasteiger partial charge on any atom is 0.338 e. The van der Waals surface area contributed by atoms with Crippen molar-refractivity contribution < 1.29 is 14.4 Å². The second-order valence-electron chi connectivity index (χ2n) is 5.55. The summed E-state index contributed by atoms with van der Waals surface area (Å²) in [7, 11) is 0.